The second-order valence-corrected chi connectivity index (χ2v) is 5.38. The van der Waals surface area contributed by atoms with Crippen molar-refractivity contribution in [1.82, 2.24) is 10.6 Å². The molecule has 0 spiro atoms. The fraction of sp³-hybridized carbons (Fsp3) is 0.562. The van der Waals surface area contributed by atoms with Crippen LogP contribution in [0.25, 0.3) is 0 Å². The fourth-order valence-electron chi connectivity index (χ4n) is 2.78. The molecule has 2 N–H and O–H groups in total. The summed E-state index contributed by atoms with van der Waals surface area (Å²) in [6.45, 7) is 0. The van der Waals surface area contributed by atoms with Crippen molar-refractivity contribution in [2.45, 2.75) is 37.8 Å². The highest BCUT2D eigenvalue weighted by molar-refractivity contribution is 5.97. The summed E-state index contributed by atoms with van der Waals surface area (Å²) in [7, 11) is 5.14. The molecule has 0 heterocycles. The predicted molar refractivity (Wildman–Crippen MR) is 82.1 cm³/mol. The number of carbonyl (C=O) groups is 1. The zero-order valence-corrected chi connectivity index (χ0v) is 12.9. The van der Waals surface area contributed by atoms with Crippen LogP contribution in [0.4, 0.5) is 0 Å². The van der Waals surface area contributed by atoms with Gasteiger partial charge in [0, 0.05) is 12.1 Å². The van der Waals surface area contributed by atoms with E-state index in [2.05, 4.69) is 10.6 Å². The Bertz CT molecular complexity index is 482. The standard InChI is InChI=1S/C16H24N2O3/c1-17-11-4-6-12(7-5-11)18-16(19)14-10-13(20-2)8-9-15(14)21-3/h8-12,17H,4-7H2,1-3H3,(H,18,19). The first-order chi connectivity index (χ1) is 10.2. The number of carbonyl (C=O) groups excluding carboxylic acids is 1. The largest absolute Gasteiger partial charge is 0.497 e. The van der Waals surface area contributed by atoms with E-state index in [1.807, 2.05) is 7.05 Å². The van der Waals surface area contributed by atoms with E-state index in [9.17, 15) is 4.79 Å². The van der Waals surface area contributed by atoms with Crippen LogP contribution in [0.15, 0.2) is 18.2 Å². The molecule has 2 rings (SSSR count). The first kappa shape index (κ1) is 15.6. The van der Waals surface area contributed by atoms with Gasteiger partial charge in [0.25, 0.3) is 5.91 Å². The molecule has 1 aromatic carbocycles. The smallest absolute Gasteiger partial charge is 0.255 e. The van der Waals surface area contributed by atoms with Crippen LogP contribution in [-0.2, 0) is 0 Å². The van der Waals surface area contributed by atoms with E-state index in [4.69, 9.17) is 9.47 Å². The number of ether oxygens (including phenoxy) is 2. The third kappa shape index (κ3) is 3.88. The Hall–Kier alpha value is -1.75. The molecule has 5 heteroatoms. The first-order valence-corrected chi connectivity index (χ1v) is 7.38. The zero-order chi connectivity index (χ0) is 15.2. The van der Waals surface area contributed by atoms with Gasteiger partial charge in [-0.25, -0.2) is 0 Å². The Morgan fingerprint density at radius 3 is 2.33 bits per heavy atom. The molecule has 0 aliphatic heterocycles. The molecule has 1 aliphatic carbocycles. The van der Waals surface area contributed by atoms with Gasteiger partial charge in [-0.3, -0.25) is 4.79 Å². The van der Waals surface area contributed by atoms with Crippen LogP contribution in [0.5, 0.6) is 11.5 Å². The number of hydrogen-bond acceptors (Lipinski definition) is 4. The molecule has 0 atom stereocenters. The molecule has 1 amide bonds. The summed E-state index contributed by atoms with van der Waals surface area (Å²) >= 11 is 0. The van der Waals surface area contributed by atoms with Gasteiger partial charge in [0.05, 0.1) is 19.8 Å². The lowest BCUT2D eigenvalue weighted by Gasteiger charge is -2.29. The highest BCUT2D eigenvalue weighted by Gasteiger charge is 2.23. The van der Waals surface area contributed by atoms with Crippen molar-refractivity contribution in [3.05, 3.63) is 23.8 Å². The molecule has 1 aliphatic rings. The second-order valence-electron chi connectivity index (χ2n) is 5.38. The molecule has 0 radical (unpaired) electrons. The van der Waals surface area contributed by atoms with Crippen LogP contribution in [0.1, 0.15) is 36.0 Å². The topological polar surface area (TPSA) is 59.6 Å². The van der Waals surface area contributed by atoms with Crippen LogP contribution < -0.4 is 20.1 Å². The number of nitrogens with one attached hydrogen (secondary N) is 2. The van der Waals surface area contributed by atoms with Crippen molar-refractivity contribution in [2.75, 3.05) is 21.3 Å². The van der Waals surface area contributed by atoms with Gasteiger partial charge < -0.3 is 20.1 Å². The minimum Gasteiger partial charge on any atom is -0.497 e. The zero-order valence-electron chi connectivity index (χ0n) is 12.9. The van der Waals surface area contributed by atoms with Crippen molar-refractivity contribution < 1.29 is 14.3 Å². The van der Waals surface area contributed by atoms with E-state index in [1.54, 1.807) is 32.4 Å². The van der Waals surface area contributed by atoms with Crippen molar-refractivity contribution in [2.24, 2.45) is 0 Å². The molecular formula is C16H24N2O3. The molecule has 0 aromatic heterocycles. The van der Waals surface area contributed by atoms with Crippen molar-refractivity contribution in [3.63, 3.8) is 0 Å². The Kier molecular flexibility index (Phi) is 5.44. The van der Waals surface area contributed by atoms with Gasteiger partial charge in [-0.2, -0.15) is 0 Å². The monoisotopic (exact) mass is 292 g/mol. The quantitative estimate of drug-likeness (QED) is 0.871. The average molecular weight is 292 g/mol. The van der Waals surface area contributed by atoms with Crippen LogP contribution in [0.2, 0.25) is 0 Å². The summed E-state index contributed by atoms with van der Waals surface area (Å²) in [4.78, 5) is 12.4. The van der Waals surface area contributed by atoms with Gasteiger partial charge in [-0.05, 0) is 50.9 Å². The minimum atomic E-state index is -0.0985. The van der Waals surface area contributed by atoms with Crippen molar-refractivity contribution in [3.8, 4) is 11.5 Å². The molecule has 0 saturated heterocycles. The number of rotatable bonds is 5. The van der Waals surface area contributed by atoms with E-state index >= 15 is 0 Å². The lowest BCUT2D eigenvalue weighted by molar-refractivity contribution is 0.0921. The Balaban J connectivity index is 2.03. The predicted octanol–water partition coefficient (Wildman–Crippen LogP) is 1.96. The molecule has 1 aromatic rings. The van der Waals surface area contributed by atoms with Gasteiger partial charge in [0.15, 0.2) is 0 Å². The summed E-state index contributed by atoms with van der Waals surface area (Å²) in [5, 5.41) is 6.40. The van der Waals surface area contributed by atoms with Gasteiger partial charge >= 0.3 is 0 Å². The Morgan fingerprint density at radius 1 is 1.10 bits per heavy atom. The van der Waals surface area contributed by atoms with E-state index in [0.717, 1.165) is 25.7 Å². The third-order valence-corrected chi connectivity index (χ3v) is 4.12. The highest BCUT2D eigenvalue weighted by atomic mass is 16.5. The molecule has 21 heavy (non-hydrogen) atoms. The van der Waals surface area contributed by atoms with E-state index < -0.39 is 0 Å². The summed E-state index contributed by atoms with van der Waals surface area (Å²) in [5.74, 6) is 1.12. The second kappa shape index (κ2) is 7.31. The van der Waals surface area contributed by atoms with Crippen LogP contribution in [-0.4, -0.2) is 39.3 Å². The maximum atomic E-state index is 12.4. The van der Waals surface area contributed by atoms with Crippen LogP contribution in [0, 0.1) is 0 Å². The minimum absolute atomic E-state index is 0.0985. The van der Waals surface area contributed by atoms with Crippen molar-refractivity contribution in [1.29, 1.82) is 0 Å². The third-order valence-electron chi connectivity index (χ3n) is 4.12. The summed E-state index contributed by atoms with van der Waals surface area (Å²) in [5.41, 5.74) is 0.521. The van der Waals surface area contributed by atoms with E-state index in [-0.39, 0.29) is 11.9 Å². The summed E-state index contributed by atoms with van der Waals surface area (Å²) in [6.07, 6.45) is 4.19. The SMILES string of the molecule is CNC1CCC(NC(=O)c2cc(OC)ccc2OC)CC1. The van der Waals surface area contributed by atoms with Crippen LogP contribution >= 0.6 is 0 Å². The Labute approximate surface area is 126 Å². The van der Waals surface area contributed by atoms with Gasteiger partial charge in [0.2, 0.25) is 0 Å². The molecule has 1 fully saturated rings. The molecule has 0 unspecified atom stereocenters. The normalized spacial score (nSPS) is 21.7. The molecular weight excluding hydrogens is 268 g/mol. The number of benzene rings is 1. The van der Waals surface area contributed by atoms with Gasteiger partial charge in [-0.15, -0.1) is 0 Å². The van der Waals surface area contributed by atoms with E-state index in [0.29, 0.717) is 23.1 Å². The fourth-order valence-corrected chi connectivity index (χ4v) is 2.78. The number of amides is 1. The number of hydrogen-bond donors (Lipinski definition) is 2. The van der Waals surface area contributed by atoms with Crippen molar-refractivity contribution >= 4 is 5.91 Å². The number of methoxy groups -OCH3 is 2. The molecule has 0 bridgehead atoms. The highest BCUT2D eigenvalue weighted by Crippen LogP contribution is 2.25. The maximum absolute atomic E-state index is 12.4. The Morgan fingerprint density at radius 2 is 1.76 bits per heavy atom. The van der Waals surface area contributed by atoms with Crippen LogP contribution in [0.3, 0.4) is 0 Å². The molecule has 1 saturated carbocycles. The molecule has 116 valence electrons. The first-order valence-electron chi connectivity index (χ1n) is 7.38. The average Bonchev–Trinajstić information content (AvgIpc) is 2.54. The van der Waals surface area contributed by atoms with Gasteiger partial charge in [-0.1, -0.05) is 0 Å². The summed E-state index contributed by atoms with van der Waals surface area (Å²) < 4.78 is 10.4. The molecule has 5 nitrogen and oxygen atoms in total. The summed E-state index contributed by atoms with van der Waals surface area (Å²) in [6, 6.07) is 6.06. The maximum Gasteiger partial charge on any atom is 0.255 e. The lowest BCUT2D eigenvalue weighted by atomic mass is 9.91. The van der Waals surface area contributed by atoms with Gasteiger partial charge in [0.1, 0.15) is 11.5 Å². The lowest BCUT2D eigenvalue weighted by Crippen LogP contribution is -2.41. The van der Waals surface area contributed by atoms with E-state index in [1.165, 1.54) is 0 Å².